The lowest BCUT2D eigenvalue weighted by molar-refractivity contribution is 0.307. The summed E-state index contributed by atoms with van der Waals surface area (Å²) in [5.74, 6) is 0.642. The van der Waals surface area contributed by atoms with Crippen molar-refractivity contribution in [3.8, 4) is 0 Å². The first kappa shape index (κ1) is 13.9. The van der Waals surface area contributed by atoms with Gasteiger partial charge < -0.3 is 4.74 Å². The van der Waals surface area contributed by atoms with Gasteiger partial charge in [0.05, 0.1) is 12.0 Å². The van der Waals surface area contributed by atoms with Crippen LogP contribution in [0.3, 0.4) is 0 Å². The minimum atomic E-state index is -3.43. The van der Waals surface area contributed by atoms with Crippen molar-refractivity contribution in [2.24, 2.45) is 0 Å². The van der Waals surface area contributed by atoms with E-state index in [0.29, 0.717) is 10.7 Å². The lowest BCUT2D eigenvalue weighted by Gasteiger charge is -2.23. The molecule has 102 valence electrons. The molecule has 0 saturated carbocycles. The summed E-state index contributed by atoms with van der Waals surface area (Å²) in [4.78, 5) is 0.399. The fourth-order valence-electron chi connectivity index (χ4n) is 2.05. The van der Waals surface area contributed by atoms with Gasteiger partial charge in [0.1, 0.15) is 10.5 Å². The molecule has 4 heteroatoms. The molecule has 0 aliphatic heterocycles. The van der Waals surface area contributed by atoms with E-state index < -0.39 is 14.6 Å². The van der Waals surface area contributed by atoms with Crippen LogP contribution in [0.4, 0.5) is 0 Å². The third kappa shape index (κ3) is 2.59. The van der Waals surface area contributed by atoms with E-state index in [1.807, 2.05) is 6.08 Å². The van der Waals surface area contributed by atoms with Crippen molar-refractivity contribution in [3.05, 3.63) is 59.3 Å². The van der Waals surface area contributed by atoms with Gasteiger partial charge in [-0.15, -0.1) is 0 Å². The second kappa shape index (κ2) is 5.21. The molecule has 3 nitrogen and oxygen atoms in total. The smallest absolute Gasteiger partial charge is 0.190 e. The number of hydrogen-bond acceptors (Lipinski definition) is 3. The van der Waals surface area contributed by atoms with E-state index in [0.717, 1.165) is 12.8 Å². The highest BCUT2D eigenvalue weighted by molar-refractivity contribution is 7.97. The van der Waals surface area contributed by atoms with E-state index in [-0.39, 0.29) is 0 Å². The van der Waals surface area contributed by atoms with E-state index in [4.69, 9.17) is 4.74 Å². The molecule has 0 amide bonds. The predicted molar refractivity (Wildman–Crippen MR) is 77.2 cm³/mol. The molecule has 0 aromatic rings. The molecule has 2 rings (SSSR count). The molecular weight excluding hydrogens is 260 g/mol. The van der Waals surface area contributed by atoms with Gasteiger partial charge in [-0.2, -0.15) is 0 Å². The van der Waals surface area contributed by atoms with Crippen molar-refractivity contribution < 1.29 is 13.2 Å². The summed E-state index contributed by atoms with van der Waals surface area (Å²) in [5.41, 5.74) is 0. The number of hydrogen-bond donors (Lipinski definition) is 0. The van der Waals surface area contributed by atoms with Crippen LogP contribution in [0.25, 0.3) is 0 Å². The van der Waals surface area contributed by atoms with Gasteiger partial charge in [0, 0.05) is 0 Å². The Bertz CT molecular complexity index is 603. The van der Waals surface area contributed by atoms with Crippen LogP contribution in [-0.2, 0) is 14.6 Å². The lowest BCUT2D eigenvalue weighted by Crippen LogP contribution is -2.31. The Labute approximate surface area is 114 Å². The van der Waals surface area contributed by atoms with E-state index in [2.05, 4.69) is 0 Å². The highest BCUT2D eigenvalue weighted by Crippen LogP contribution is 2.32. The number of sulfone groups is 1. The number of methoxy groups -OCH3 is 1. The van der Waals surface area contributed by atoms with Crippen LogP contribution < -0.4 is 0 Å². The highest BCUT2D eigenvalue weighted by atomic mass is 32.2. The average molecular weight is 278 g/mol. The molecule has 0 bridgehead atoms. The Hall–Kier alpha value is -1.55. The third-order valence-electron chi connectivity index (χ3n) is 3.35. The predicted octanol–water partition coefficient (Wildman–Crippen LogP) is 3.05. The molecule has 2 aliphatic rings. The maximum absolute atomic E-state index is 12.7. The molecule has 0 aromatic carbocycles. The van der Waals surface area contributed by atoms with E-state index in [1.54, 1.807) is 56.6 Å². The summed E-state index contributed by atoms with van der Waals surface area (Å²) in [6.07, 6.45) is 15.6. The van der Waals surface area contributed by atoms with Crippen LogP contribution in [0.2, 0.25) is 0 Å². The van der Waals surface area contributed by atoms with Gasteiger partial charge in [-0.1, -0.05) is 30.4 Å². The maximum atomic E-state index is 12.7. The zero-order chi connectivity index (χ0) is 13.9. The molecule has 0 fully saturated rings. The second-order valence-electron chi connectivity index (χ2n) is 4.74. The molecule has 0 saturated heterocycles. The SMILES string of the molecule is COC1=CC=CC(C)(S(=O)(=O)C2=CCCC=C2)C=C1. The molecule has 0 aromatic heterocycles. The number of allylic oxidation sites excluding steroid dienone is 6. The van der Waals surface area contributed by atoms with Crippen molar-refractivity contribution >= 4 is 9.84 Å². The molecule has 0 radical (unpaired) electrons. The first-order chi connectivity index (χ1) is 8.99. The summed E-state index contributed by atoms with van der Waals surface area (Å²) in [7, 11) is -1.86. The first-order valence-corrected chi connectivity index (χ1v) is 7.72. The van der Waals surface area contributed by atoms with Gasteiger partial charge in [0.25, 0.3) is 0 Å². The second-order valence-corrected chi connectivity index (χ2v) is 7.10. The van der Waals surface area contributed by atoms with Gasteiger partial charge in [-0.3, -0.25) is 0 Å². The quantitative estimate of drug-likeness (QED) is 0.797. The Balaban J connectivity index is 2.41. The van der Waals surface area contributed by atoms with E-state index in [1.165, 1.54) is 0 Å². The molecule has 0 spiro atoms. The maximum Gasteiger partial charge on any atom is 0.190 e. The third-order valence-corrected chi connectivity index (χ3v) is 5.71. The normalized spacial score (nSPS) is 26.6. The summed E-state index contributed by atoms with van der Waals surface area (Å²) in [6.45, 7) is 1.70. The standard InChI is InChI=1S/C15H18O3S/c1-15(11-6-7-13(18-2)10-12-15)19(16,17)14-8-4-3-5-9-14/h4,6-12H,3,5H2,1-2H3. The van der Waals surface area contributed by atoms with E-state index >= 15 is 0 Å². The van der Waals surface area contributed by atoms with Gasteiger partial charge in [-0.25, -0.2) is 8.42 Å². The molecule has 0 heterocycles. The average Bonchev–Trinajstić information content (AvgIpc) is 2.63. The Morgan fingerprint density at radius 1 is 1.21 bits per heavy atom. The van der Waals surface area contributed by atoms with Gasteiger partial charge in [-0.05, 0) is 38.0 Å². The van der Waals surface area contributed by atoms with Crippen LogP contribution in [-0.4, -0.2) is 20.3 Å². The van der Waals surface area contributed by atoms with Crippen LogP contribution in [0.15, 0.2) is 59.3 Å². The van der Waals surface area contributed by atoms with Crippen molar-refractivity contribution in [3.63, 3.8) is 0 Å². The zero-order valence-electron chi connectivity index (χ0n) is 11.2. The fraction of sp³-hybridized carbons (Fsp3) is 0.333. The fourth-order valence-corrected chi connectivity index (χ4v) is 3.68. The Morgan fingerprint density at radius 3 is 2.63 bits per heavy atom. The summed E-state index contributed by atoms with van der Waals surface area (Å²) in [6, 6.07) is 0. The summed E-state index contributed by atoms with van der Waals surface area (Å²) in [5, 5.41) is 0. The van der Waals surface area contributed by atoms with Crippen LogP contribution >= 0.6 is 0 Å². The van der Waals surface area contributed by atoms with Crippen LogP contribution in [0.1, 0.15) is 19.8 Å². The first-order valence-electron chi connectivity index (χ1n) is 6.24. The largest absolute Gasteiger partial charge is 0.497 e. The summed E-state index contributed by atoms with van der Waals surface area (Å²) < 4.78 is 29.5. The number of ether oxygens (including phenoxy) is 1. The van der Waals surface area contributed by atoms with E-state index in [9.17, 15) is 8.42 Å². The molecule has 2 aliphatic carbocycles. The van der Waals surface area contributed by atoms with Crippen molar-refractivity contribution in [2.45, 2.75) is 24.5 Å². The Kier molecular flexibility index (Phi) is 3.80. The lowest BCUT2D eigenvalue weighted by atomic mass is 10.1. The van der Waals surface area contributed by atoms with Gasteiger partial charge in [0.15, 0.2) is 9.84 Å². The minimum absolute atomic E-state index is 0.399. The molecule has 1 atom stereocenters. The minimum Gasteiger partial charge on any atom is -0.497 e. The summed E-state index contributed by atoms with van der Waals surface area (Å²) >= 11 is 0. The monoisotopic (exact) mass is 278 g/mol. The van der Waals surface area contributed by atoms with Crippen LogP contribution in [0, 0.1) is 0 Å². The molecule has 19 heavy (non-hydrogen) atoms. The van der Waals surface area contributed by atoms with Crippen molar-refractivity contribution in [2.75, 3.05) is 7.11 Å². The van der Waals surface area contributed by atoms with Crippen molar-refractivity contribution in [1.29, 1.82) is 0 Å². The Morgan fingerprint density at radius 2 is 2.00 bits per heavy atom. The van der Waals surface area contributed by atoms with Gasteiger partial charge in [0.2, 0.25) is 0 Å². The topological polar surface area (TPSA) is 43.4 Å². The zero-order valence-corrected chi connectivity index (χ0v) is 12.0. The molecule has 0 N–H and O–H groups in total. The van der Waals surface area contributed by atoms with Crippen molar-refractivity contribution in [1.82, 2.24) is 0 Å². The number of rotatable bonds is 3. The molecular formula is C15H18O3S. The molecule has 1 unspecified atom stereocenters. The van der Waals surface area contributed by atoms with Crippen LogP contribution in [0.5, 0.6) is 0 Å². The van der Waals surface area contributed by atoms with Gasteiger partial charge >= 0.3 is 0 Å². The highest BCUT2D eigenvalue weighted by Gasteiger charge is 2.37.